The van der Waals surface area contributed by atoms with E-state index in [1.807, 2.05) is 6.92 Å². The van der Waals surface area contributed by atoms with Gasteiger partial charge in [0.1, 0.15) is 17.5 Å². The summed E-state index contributed by atoms with van der Waals surface area (Å²) in [4.78, 5) is 0. The summed E-state index contributed by atoms with van der Waals surface area (Å²) in [7, 11) is 0. The summed E-state index contributed by atoms with van der Waals surface area (Å²) in [5, 5.41) is 0.975. The Bertz CT molecular complexity index is 1370. The second-order valence-corrected chi connectivity index (χ2v) is 7.46. The van der Waals surface area contributed by atoms with Crippen LogP contribution in [0.25, 0.3) is 21.9 Å². The van der Waals surface area contributed by atoms with E-state index >= 15 is 0 Å². The van der Waals surface area contributed by atoms with E-state index in [-0.39, 0.29) is 16.7 Å². The molecule has 4 aromatic carbocycles. The van der Waals surface area contributed by atoms with Crippen LogP contribution in [0, 0.1) is 40.9 Å². The van der Waals surface area contributed by atoms with Crippen LogP contribution in [0.1, 0.15) is 30.0 Å². The first-order valence-corrected chi connectivity index (χ1v) is 10.0. The summed E-state index contributed by atoms with van der Waals surface area (Å²) in [5.74, 6) is 1.34. The minimum absolute atomic E-state index is 0.0440. The van der Waals surface area contributed by atoms with Crippen LogP contribution in [0.4, 0.5) is 22.0 Å². The molecule has 4 aromatic rings. The standard InChI is InChI=1S/C27H17F5/c1-2-3-17-11-25(31)27(26(32)12-17)20-9-8-18(22(28)14-20)6-4-16-5-7-19-13-23(29)24(30)15-21(19)10-16/h5,7-15H,2-3H2,1H3. The van der Waals surface area contributed by atoms with Crippen molar-refractivity contribution in [3.63, 3.8) is 0 Å². The van der Waals surface area contributed by atoms with Crippen molar-refractivity contribution in [3.05, 3.63) is 106 Å². The first-order valence-electron chi connectivity index (χ1n) is 10.0. The Morgan fingerprint density at radius 3 is 1.97 bits per heavy atom. The number of fused-ring (bicyclic) bond motifs is 1. The molecule has 0 amide bonds. The number of halogens is 5. The van der Waals surface area contributed by atoms with E-state index < -0.39 is 29.1 Å². The summed E-state index contributed by atoms with van der Waals surface area (Å²) in [5.41, 5.74) is 0.867. The van der Waals surface area contributed by atoms with E-state index in [4.69, 9.17) is 0 Å². The minimum Gasteiger partial charge on any atom is -0.206 e. The summed E-state index contributed by atoms with van der Waals surface area (Å²) in [6, 6.07) is 13.3. The minimum atomic E-state index is -0.966. The number of hydrogen-bond acceptors (Lipinski definition) is 0. The molecule has 0 nitrogen and oxygen atoms in total. The molecule has 0 saturated carbocycles. The van der Waals surface area contributed by atoms with Crippen LogP contribution in [-0.4, -0.2) is 0 Å². The van der Waals surface area contributed by atoms with Gasteiger partial charge < -0.3 is 0 Å². The Labute approximate surface area is 182 Å². The molecular weight excluding hydrogens is 419 g/mol. The van der Waals surface area contributed by atoms with Crippen molar-refractivity contribution in [3.8, 4) is 23.0 Å². The molecule has 0 aliphatic rings. The Morgan fingerprint density at radius 2 is 1.31 bits per heavy atom. The molecule has 4 rings (SSSR count). The fraction of sp³-hybridized carbons (Fsp3) is 0.111. The number of benzene rings is 4. The van der Waals surface area contributed by atoms with Crippen molar-refractivity contribution in [2.75, 3.05) is 0 Å². The molecule has 0 fully saturated rings. The third-order valence-corrected chi connectivity index (χ3v) is 5.12. The summed E-state index contributed by atoms with van der Waals surface area (Å²) < 4.78 is 70.3. The number of aryl methyl sites for hydroxylation is 1. The lowest BCUT2D eigenvalue weighted by Crippen LogP contribution is -1.96. The predicted octanol–water partition coefficient (Wildman–Crippen LogP) is 7.55. The van der Waals surface area contributed by atoms with E-state index in [9.17, 15) is 22.0 Å². The Kier molecular flexibility index (Phi) is 5.96. The van der Waals surface area contributed by atoms with Gasteiger partial charge in [0.15, 0.2) is 11.6 Å². The molecule has 0 aromatic heterocycles. The molecule has 0 aliphatic carbocycles. The highest BCUT2D eigenvalue weighted by molar-refractivity contribution is 5.84. The zero-order valence-corrected chi connectivity index (χ0v) is 17.1. The fourth-order valence-electron chi connectivity index (χ4n) is 3.57. The van der Waals surface area contributed by atoms with Gasteiger partial charge in [-0.25, -0.2) is 22.0 Å². The molecule has 0 saturated heterocycles. The average molecular weight is 436 g/mol. The summed E-state index contributed by atoms with van der Waals surface area (Å²) >= 11 is 0. The highest BCUT2D eigenvalue weighted by Gasteiger charge is 2.15. The monoisotopic (exact) mass is 436 g/mol. The van der Waals surface area contributed by atoms with E-state index in [1.165, 1.54) is 24.3 Å². The predicted molar refractivity (Wildman–Crippen MR) is 116 cm³/mol. The molecule has 0 spiro atoms. The average Bonchev–Trinajstić information content (AvgIpc) is 2.74. The first kappa shape index (κ1) is 21.6. The maximum Gasteiger partial charge on any atom is 0.159 e. The van der Waals surface area contributed by atoms with Gasteiger partial charge in [0.25, 0.3) is 0 Å². The molecular formula is C27H17F5. The van der Waals surface area contributed by atoms with Crippen LogP contribution in [0.3, 0.4) is 0 Å². The highest BCUT2D eigenvalue weighted by Crippen LogP contribution is 2.29. The maximum atomic E-state index is 14.6. The van der Waals surface area contributed by atoms with E-state index in [1.54, 1.807) is 18.2 Å². The van der Waals surface area contributed by atoms with Crippen molar-refractivity contribution in [2.45, 2.75) is 19.8 Å². The molecule has 5 heteroatoms. The van der Waals surface area contributed by atoms with E-state index in [2.05, 4.69) is 11.8 Å². The van der Waals surface area contributed by atoms with Gasteiger partial charge in [-0.2, -0.15) is 0 Å². The quantitative estimate of drug-likeness (QED) is 0.230. The molecule has 0 aliphatic heterocycles. The molecule has 32 heavy (non-hydrogen) atoms. The van der Waals surface area contributed by atoms with Crippen LogP contribution in [0.15, 0.2) is 60.7 Å². The van der Waals surface area contributed by atoms with E-state index in [0.29, 0.717) is 28.3 Å². The number of hydrogen-bond donors (Lipinski definition) is 0. The molecule has 0 atom stereocenters. The van der Waals surface area contributed by atoms with Crippen LogP contribution >= 0.6 is 0 Å². The molecule has 0 bridgehead atoms. The van der Waals surface area contributed by atoms with Gasteiger partial charge in [0.2, 0.25) is 0 Å². The van der Waals surface area contributed by atoms with Crippen LogP contribution in [0.2, 0.25) is 0 Å². The Balaban J connectivity index is 1.65. The lowest BCUT2D eigenvalue weighted by Gasteiger charge is -2.09. The summed E-state index contributed by atoms with van der Waals surface area (Å²) in [6.45, 7) is 1.91. The van der Waals surface area contributed by atoms with Crippen LogP contribution < -0.4 is 0 Å². The van der Waals surface area contributed by atoms with Gasteiger partial charge in [-0.1, -0.05) is 37.3 Å². The Hall–Kier alpha value is -3.65. The van der Waals surface area contributed by atoms with Crippen molar-refractivity contribution >= 4 is 10.8 Å². The van der Waals surface area contributed by atoms with Crippen molar-refractivity contribution in [1.29, 1.82) is 0 Å². The molecule has 160 valence electrons. The van der Waals surface area contributed by atoms with E-state index in [0.717, 1.165) is 24.6 Å². The van der Waals surface area contributed by atoms with Gasteiger partial charge in [-0.3, -0.25) is 0 Å². The van der Waals surface area contributed by atoms with Gasteiger partial charge >= 0.3 is 0 Å². The molecule has 0 radical (unpaired) electrons. The smallest absolute Gasteiger partial charge is 0.159 e. The molecule has 0 heterocycles. The molecule has 0 unspecified atom stereocenters. The second kappa shape index (κ2) is 8.84. The van der Waals surface area contributed by atoms with Crippen LogP contribution in [0.5, 0.6) is 0 Å². The normalized spacial score (nSPS) is 10.8. The highest BCUT2D eigenvalue weighted by atomic mass is 19.2. The first-order chi connectivity index (χ1) is 15.4. The van der Waals surface area contributed by atoms with Gasteiger partial charge in [-0.15, -0.1) is 0 Å². The third-order valence-electron chi connectivity index (χ3n) is 5.12. The van der Waals surface area contributed by atoms with Gasteiger partial charge in [0.05, 0.1) is 11.1 Å². The topological polar surface area (TPSA) is 0 Å². The largest absolute Gasteiger partial charge is 0.206 e. The maximum absolute atomic E-state index is 14.6. The van der Waals surface area contributed by atoms with Crippen LogP contribution in [-0.2, 0) is 6.42 Å². The number of rotatable bonds is 3. The van der Waals surface area contributed by atoms with Crippen molar-refractivity contribution in [2.24, 2.45) is 0 Å². The molecule has 0 N–H and O–H groups in total. The zero-order valence-electron chi connectivity index (χ0n) is 17.1. The fourth-order valence-corrected chi connectivity index (χ4v) is 3.57. The summed E-state index contributed by atoms with van der Waals surface area (Å²) in [6.07, 6.45) is 1.30. The zero-order chi connectivity index (χ0) is 22.8. The SMILES string of the molecule is CCCc1cc(F)c(-c2ccc(C#Cc3ccc4cc(F)c(F)cc4c3)c(F)c2)c(F)c1. The lowest BCUT2D eigenvalue weighted by molar-refractivity contribution is 0.511. The van der Waals surface area contributed by atoms with Gasteiger partial charge in [0, 0.05) is 5.56 Å². The van der Waals surface area contributed by atoms with Crippen molar-refractivity contribution < 1.29 is 22.0 Å². The van der Waals surface area contributed by atoms with Gasteiger partial charge in [-0.05, 0) is 76.9 Å². The second-order valence-electron chi connectivity index (χ2n) is 7.46. The third kappa shape index (κ3) is 4.36. The Morgan fingerprint density at radius 1 is 0.625 bits per heavy atom. The van der Waals surface area contributed by atoms with Crippen molar-refractivity contribution in [1.82, 2.24) is 0 Å². The lowest BCUT2D eigenvalue weighted by atomic mass is 9.99.